The summed E-state index contributed by atoms with van der Waals surface area (Å²) in [5, 5.41) is 0. The van der Waals surface area contributed by atoms with Crippen molar-refractivity contribution in [2.45, 2.75) is 73.3 Å². The first kappa shape index (κ1) is 18.4. The van der Waals surface area contributed by atoms with Crippen LogP contribution in [-0.4, -0.2) is 29.9 Å². The van der Waals surface area contributed by atoms with Crippen molar-refractivity contribution in [3.63, 3.8) is 0 Å². The molecule has 0 rings (SSSR count). The van der Waals surface area contributed by atoms with Crippen molar-refractivity contribution in [2.24, 2.45) is 17.1 Å². The first-order valence-corrected chi connectivity index (χ1v) is 7.74. The molecule has 0 aromatic heterocycles. The van der Waals surface area contributed by atoms with Gasteiger partial charge in [-0.3, -0.25) is 4.79 Å². The average molecular weight is 270 g/mol. The van der Waals surface area contributed by atoms with Gasteiger partial charge in [-0.05, 0) is 30.6 Å². The molecule has 0 radical (unpaired) electrons. The van der Waals surface area contributed by atoms with E-state index in [-0.39, 0.29) is 11.3 Å². The monoisotopic (exact) mass is 270 g/mol. The summed E-state index contributed by atoms with van der Waals surface area (Å²) in [5.41, 5.74) is 5.94. The highest BCUT2D eigenvalue weighted by atomic mass is 16.2. The van der Waals surface area contributed by atoms with Crippen LogP contribution in [0.2, 0.25) is 0 Å². The summed E-state index contributed by atoms with van der Waals surface area (Å²) in [6.45, 7) is 14.4. The Morgan fingerprint density at radius 1 is 1.21 bits per heavy atom. The van der Waals surface area contributed by atoms with E-state index in [4.69, 9.17) is 5.73 Å². The van der Waals surface area contributed by atoms with Gasteiger partial charge in [0.15, 0.2) is 0 Å². The highest BCUT2D eigenvalue weighted by molar-refractivity contribution is 5.76. The summed E-state index contributed by atoms with van der Waals surface area (Å²) in [5.74, 6) is 0.707. The minimum Gasteiger partial charge on any atom is -0.338 e. The van der Waals surface area contributed by atoms with Gasteiger partial charge in [0.2, 0.25) is 5.91 Å². The van der Waals surface area contributed by atoms with Crippen LogP contribution in [0.25, 0.3) is 0 Å². The van der Waals surface area contributed by atoms with E-state index in [1.807, 2.05) is 4.90 Å². The normalized spacial score (nSPS) is 13.7. The largest absolute Gasteiger partial charge is 0.338 e. The van der Waals surface area contributed by atoms with Gasteiger partial charge in [-0.25, -0.2) is 0 Å². The number of amides is 1. The third-order valence-corrected chi connectivity index (χ3v) is 3.56. The van der Waals surface area contributed by atoms with Crippen LogP contribution in [0.1, 0.15) is 67.2 Å². The number of hydrogen-bond acceptors (Lipinski definition) is 2. The lowest BCUT2D eigenvalue weighted by Crippen LogP contribution is -2.43. The molecule has 0 bridgehead atoms. The van der Waals surface area contributed by atoms with Crippen molar-refractivity contribution in [1.29, 1.82) is 0 Å². The molecule has 19 heavy (non-hydrogen) atoms. The summed E-state index contributed by atoms with van der Waals surface area (Å²) >= 11 is 0. The molecule has 0 saturated heterocycles. The zero-order valence-corrected chi connectivity index (χ0v) is 13.8. The van der Waals surface area contributed by atoms with Gasteiger partial charge in [0.05, 0.1) is 0 Å². The number of nitrogens with zero attached hydrogens (tertiary/aromatic N) is 1. The van der Waals surface area contributed by atoms with Crippen molar-refractivity contribution in [3.05, 3.63) is 0 Å². The van der Waals surface area contributed by atoms with Crippen LogP contribution in [0.5, 0.6) is 0 Å². The molecule has 0 heterocycles. The molecule has 3 heteroatoms. The van der Waals surface area contributed by atoms with Crippen molar-refractivity contribution >= 4 is 5.91 Å². The van der Waals surface area contributed by atoms with Gasteiger partial charge in [-0.1, -0.05) is 41.5 Å². The van der Waals surface area contributed by atoms with Crippen molar-refractivity contribution in [3.8, 4) is 0 Å². The van der Waals surface area contributed by atoms with E-state index in [2.05, 4.69) is 41.5 Å². The smallest absolute Gasteiger partial charge is 0.223 e. The predicted molar refractivity (Wildman–Crippen MR) is 83.0 cm³/mol. The van der Waals surface area contributed by atoms with E-state index in [9.17, 15) is 4.79 Å². The Hall–Kier alpha value is -0.570. The minimum absolute atomic E-state index is 0.274. The maximum atomic E-state index is 12.5. The quantitative estimate of drug-likeness (QED) is 0.734. The fraction of sp³-hybridized carbons (Fsp3) is 0.938. The molecular weight excluding hydrogens is 236 g/mol. The summed E-state index contributed by atoms with van der Waals surface area (Å²) in [6.07, 6.45) is 3.75. The zero-order valence-electron chi connectivity index (χ0n) is 13.8. The van der Waals surface area contributed by atoms with Crippen LogP contribution >= 0.6 is 0 Å². The van der Waals surface area contributed by atoms with Gasteiger partial charge < -0.3 is 10.6 Å². The van der Waals surface area contributed by atoms with Gasteiger partial charge >= 0.3 is 0 Å². The Balaban J connectivity index is 4.55. The molecule has 0 aromatic rings. The predicted octanol–water partition coefficient (Wildman–Crippen LogP) is 3.42. The molecule has 2 N–H and O–H groups in total. The second-order valence-electron chi connectivity index (χ2n) is 6.92. The molecule has 3 nitrogen and oxygen atoms in total. The number of carbonyl (C=O) groups excluding carboxylic acids is 1. The van der Waals surface area contributed by atoms with E-state index >= 15 is 0 Å². The van der Waals surface area contributed by atoms with Crippen LogP contribution in [-0.2, 0) is 4.79 Å². The van der Waals surface area contributed by atoms with Crippen molar-refractivity contribution < 1.29 is 4.79 Å². The fourth-order valence-electron chi connectivity index (χ4n) is 2.91. The first-order valence-electron chi connectivity index (χ1n) is 7.74. The maximum Gasteiger partial charge on any atom is 0.223 e. The third-order valence-electron chi connectivity index (χ3n) is 3.56. The van der Waals surface area contributed by atoms with Gasteiger partial charge in [-0.2, -0.15) is 0 Å². The molecule has 0 saturated carbocycles. The van der Waals surface area contributed by atoms with Gasteiger partial charge in [0.25, 0.3) is 0 Å². The SMILES string of the molecule is CCC(CC)N(CCN)C(=O)CC(C)CC(C)(C)C. The number of rotatable bonds is 8. The van der Waals surface area contributed by atoms with Gasteiger partial charge in [0.1, 0.15) is 0 Å². The van der Waals surface area contributed by atoms with Crippen LogP contribution in [0.15, 0.2) is 0 Å². The average Bonchev–Trinajstić information content (AvgIpc) is 2.26. The lowest BCUT2D eigenvalue weighted by molar-refractivity contribution is -0.134. The standard InChI is InChI=1S/C16H34N2O/c1-7-14(8-2)18(10-9-17)15(19)11-13(3)12-16(4,5)6/h13-14H,7-12,17H2,1-6H3. The topological polar surface area (TPSA) is 46.3 Å². The van der Waals surface area contributed by atoms with Gasteiger partial charge in [0, 0.05) is 25.6 Å². The maximum absolute atomic E-state index is 12.5. The highest BCUT2D eigenvalue weighted by Gasteiger charge is 2.24. The molecular formula is C16H34N2O. The summed E-state index contributed by atoms with van der Waals surface area (Å²) in [6, 6.07) is 0.345. The van der Waals surface area contributed by atoms with E-state index in [0.717, 1.165) is 19.3 Å². The van der Waals surface area contributed by atoms with Gasteiger partial charge in [-0.15, -0.1) is 0 Å². The molecule has 0 aliphatic heterocycles. The van der Waals surface area contributed by atoms with Crippen molar-refractivity contribution in [2.75, 3.05) is 13.1 Å². The highest BCUT2D eigenvalue weighted by Crippen LogP contribution is 2.26. The van der Waals surface area contributed by atoms with E-state index in [0.29, 0.717) is 31.5 Å². The Morgan fingerprint density at radius 3 is 2.11 bits per heavy atom. The van der Waals surface area contributed by atoms with E-state index in [1.54, 1.807) is 0 Å². The molecule has 0 aliphatic rings. The molecule has 1 unspecified atom stereocenters. The second kappa shape index (κ2) is 8.57. The summed E-state index contributed by atoms with van der Waals surface area (Å²) < 4.78 is 0. The molecule has 114 valence electrons. The number of hydrogen-bond donors (Lipinski definition) is 1. The molecule has 1 atom stereocenters. The van der Waals surface area contributed by atoms with E-state index < -0.39 is 0 Å². The van der Waals surface area contributed by atoms with E-state index in [1.165, 1.54) is 0 Å². The van der Waals surface area contributed by atoms with Crippen LogP contribution in [0.3, 0.4) is 0 Å². The number of nitrogens with two attached hydrogens (primary N) is 1. The van der Waals surface area contributed by atoms with Crippen LogP contribution in [0, 0.1) is 11.3 Å². The first-order chi connectivity index (χ1) is 8.75. The molecule has 1 amide bonds. The fourth-order valence-corrected chi connectivity index (χ4v) is 2.91. The Bertz CT molecular complexity index is 254. The second-order valence-corrected chi connectivity index (χ2v) is 6.92. The van der Waals surface area contributed by atoms with Crippen LogP contribution in [0.4, 0.5) is 0 Å². The number of carbonyl (C=O) groups is 1. The Morgan fingerprint density at radius 2 is 1.74 bits per heavy atom. The Labute approximate surface area is 119 Å². The summed E-state index contributed by atoms with van der Waals surface area (Å²) in [4.78, 5) is 14.5. The molecule has 0 aliphatic carbocycles. The lowest BCUT2D eigenvalue weighted by atomic mass is 9.84. The zero-order chi connectivity index (χ0) is 15.1. The minimum atomic E-state index is 0.274. The summed E-state index contributed by atoms with van der Waals surface area (Å²) in [7, 11) is 0. The van der Waals surface area contributed by atoms with Crippen molar-refractivity contribution in [1.82, 2.24) is 4.90 Å². The van der Waals surface area contributed by atoms with Crippen LogP contribution < -0.4 is 5.73 Å². The Kier molecular flexibility index (Phi) is 8.31. The molecule has 0 aromatic carbocycles. The molecule has 0 spiro atoms. The lowest BCUT2D eigenvalue weighted by Gasteiger charge is -2.32. The third kappa shape index (κ3) is 7.56. The molecule has 0 fully saturated rings.